The number of aryl methyl sites for hydroxylation is 1. The van der Waals surface area contributed by atoms with E-state index < -0.39 is 0 Å². The summed E-state index contributed by atoms with van der Waals surface area (Å²) in [5, 5.41) is 3.30. The topological polar surface area (TPSA) is 32.3 Å². The fourth-order valence-electron chi connectivity index (χ4n) is 2.94. The van der Waals surface area contributed by atoms with Gasteiger partial charge in [0.05, 0.1) is 0 Å². The Morgan fingerprint density at radius 1 is 1.17 bits per heavy atom. The molecule has 0 spiro atoms. The van der Waals surface area contributed by atoms with Gasteiger partial charge in [-0.15, -0.1) is 0 Å². The molecule has 1 aliphatic heterocycles. The average molecular weight is 312 g/mol. The molecule has 3 nitrogen and oxygen atoms in total. The lowest BCUT2D eigenvalue weighted by atomic mass is 10.1. The molecule has 0 saturated carbocycles. The van der Waals surface area contributed by atoms with Gasteiger partial charge in [-0.25, -0.2) is 4.39 Å². The highest BCUT2D eigenvalue weighted by Gasteiger charge is 2.19. The molecular formula is C19H21FN2O. The van der Waals surface area contributed by atoms with E-state index in [0.29, 0.717) is 6.54 Å². The third-order valence-corrected chi connectivity index (χ3v) is 4.24. The number of hydrogen-bond donors (Lipinski definition) is 1. The molecule has 0 radical (unpaired) electrons. The van der Waals surface area contributed by atoms with Gasteiger partial charge in [0.15, 0.2) is 0 Å². The first-order valence-corrected chi connectivity index (χ1v) is 8.02. The van der Waals surface area contributed by atoms with E-state index >= 15 is 0 Å². The van der Waals surface area contributed by atoms with Crippen LogP contribution in [0.1, 0.15) is 34.3 Å². The summed E-state index contributed by atoms with van der Waals surface area (Å²) in [5.74, 6) is -0.116. The zero-order valence-corrected chi connectivity index (χ0v) is 13.3. The SMILES string of the molecule is Cc1cc(C(=O)N2CCCC2)ccc1NCc1cccc(F)c1. The zero-order chi connectivity index (χ0) is 16.2. The van der Waals surface area contributed by atoms with Crippen LogP contribution in [0, 0.1) is 12.7 Å². The second kappa shape index (κ2) is 6.82. The number of nitrogens with zero attached hydrogens (tertiary/aromatic N) is 1. The molecule has 0 unspecified atom stereocenters. The third-order valence-electron chi connectivity index (χ3n) is 4.24. The summed E-state index contributed by atoms with van der Waals surface area (Å²) in [4.78, 5) is 14.3. The van der Waals surface area contributed by atoms with Crippen molar-refractivity contribution in [2.24, 2.45) is 0 Å². The number of halogens is 1. The summed E-state index contributed by atoms with van der Waals surface area (Å²) in [6, 6.07) is 12.3. The van der Waals surface area contributed by atoms with Gasteiger partial charge in [0.2, 0.25) is 0 Å². The Balaban J connectivity index is 1.68. The van der Waals surface area contributed by atoms with E-state index in [1.54, 1.807) is 6.07 Å². The quantitative estimate of drug-likeness (QED) is 0.926. The van der Waals surface area contributed by atoms with Crippen molar-refractivity contribution in [1.29, 1.82) is 0 Å². The highest BCUT2D eigenvalue weighted by atomic mass is 19.1. The average Bonchev–Trinajstić information content (AvgIpc) is 3.07. The molecule has 1 aliphatic rings. The van der Waals surface area contributed by atoms with Gasteiger partial charge in [-0.05, 0) is 61.2 Å². The Hall–Kier alpha value is -2.36. The van der Waals surface area contributed by atoms with Crippen LogP contribution >= 0.6 is 0 Å². The minimum absolute atomic E-state index is 0.113. The summed E-state index contributed by atoms with van der Waals surface area (Å²) in [6.45, 7) is 4.25. The van der Waals surface area contributed by atoms with Crippen molar-refractivity contribution in [1.82, 2.24) is 4.90 Å². The van der Waals surface area contributed by atoms with E-state index in [1.165, 1.54) is 12.1 Å². The molecule has 0 atom stereocenters. The number of rotatable bonds is 4. The summed E-state index contributed by atoms with van der Waals surface area (Å²) in [7, 11) is 0. The van der Waals surface area contributed by atoms with E-state index in [4.69, 9.17) is 0 Å². The zero-order valence-electron chi connectivity index (χ0n) is 13.3. The minimum atomic E-state index is -0.229. The Morgan fingerprint density at radius 3 is 2.65 bits per heavy atom. The smallest absolute Gasteiger partial charge is 0.253 e. The van der Waals surface area contributed by atoms with Crippen LogP contribution in [0.25, 0.3) is 0 Å². The molecule has 3 rings (SSSR count). The van der Waals surface area contributed by atoms with Gasteiger partial charge in [0.1, 0.15) is 5.82 Å². The first kappa shape index (κ1) is 15.5. The van der Waals surface area contributed by atoms with Crippen molar-refractivity contribution in [3.05, 3.63) is 65.0 Å². The van der Waals surface area contributed by atoms with Crippen LogP contribution in [0.5, 0.6) is 0 Å². The molecule has 1 saturated heterocycles. The molecule has 0 bridgehead atoms. The third kappa shape index (κ3) is 3.70. The molecule has 1 amide bonds. The van der Waals surface area contributed by atoms with Crippen molar-refractivity contribution < 1.29 is 9.18 Å². The largest absolute Gasteiger partial charge is 0.381 e. The van der Waals surface area contributed by atoms with Gasteiger partial charge in [-0.3, -0.25) is 4.79 Å². The first-order valence-electron chi connectivity index (χ1n) is 8.02. The predicted octanol–water partition coefficient (Wildman–Crippen LogP) is 3.98. The van der Waals surface area contributed by atoms with Crippen LogP contribution in [0.3, 0.4) is 0 Å². The van der Waals surface area contributed by atoms with Crippen molar-refractivity contribution >= 4 is 11.6 Å². The lowest BCUT2D eigenvalue weighted by molar-refractivity contribution is 0.0793. The predicted molar refractivity (Wildman–Crippen MR) is 90.0 cm³/mol. The summed E-state index contributed by atoms with van der Waals surface area (Å²) < 4.78 is 13.2. The monoisotopic (exact) mass is 312 g/mol. The Bertz CT molecular complexity index is 708. The van der Waals surface area contributed by atoms with Crippen LogP contribution in [0.2, 0.25) is 0 Å². The minimum Gasteiger partial charge on any atom is -0.381 e. The van der Waals surface area contributed by atoms with Crippen LogP contribution < -0.4 is 5.32 Å². The molecule has 1 fully saturated rings. The highest BCUT2D eigenvalue weighted by Crippen LogP contribution is 2.20. The number of amides is 1. The number of carbonyl (C=O) groups is 1. The number of anilines is 1. The molecule has 4 heteroatoms. The Labute approximate surface area is 136 Å². The van der Waals surface area contributed by atoms with Crippen LogP contribution in [-0.4, -0.2) is 23.9 Å². The van der Waals surface area contributed by atoms with Gasteiger partial charge in [0.25, 0.3) is 5.91 Å². The second-order valence-corrected chi connectivity index (χ2v) is 6.01. The van der Waals surface area contributed by atoms with Gasteiger partial charge in [-0.2, -0.15) is 0 Å². The summed E-state index contributed by atoms with van der Waals surface area (Å²) >= 11 is 0. The van der Waals surface area contributed by atoms with E-state index in [9.17, 15) is 9.18 Å². The second-order valence-electron chi connectivity index (χ2n) is 6.01. The lowest BCUT2D eigenvalue weighted by Crippen LogP contribution is -2.27. The fraction of sp³-hybridized carbons (Fsp3) is 0.316. The van der Waals surface area contributed by atoms with Crippen molar-refractivity contribution in [3.8, 4) is 0 Å². The van der Waals surface area contributed by atoms with Gasteiger partial charge in [0, 0.05) is 30.9 Å². The fourth-order valence-corrected chi connectivity index (χ4v) is 2.94. The maximum absolute atomic E-state index is 13.2. The molecule has 120 valence electrons. The Morgan fingerprint density at radius 2 is 1.96 bits per heavy atom. The Kier molecular flexibility index (Phi) is 4.60. The maximum Gasteiger partial charge on any atom is 0.253 e. The molecule has 0 aliphatic carbocycles. The molecule has 0 aromatic heterocycles. The van der Waals surface area contributed by atoms with Crippen LogP contribution in [-0.2, 0) is 6.54 Å². The lowest BCUT2D eigenvalue weighted by Gasteiger charge is -2.17. The number of benzene rings is 2. The molecule has 1 N–H and O–H groups in total. The summed E-state index contributed by atoms with van der Waals surface area (Å²) in [5.41, 5.74) is 3.61. The van der Waals surface area contributed by atoms with E-state index in [2.05, 4.69) is 5.32 Å². The van der Waals surface area contributed by atoms with E-state index in [0.717, 1.165) is 48.3 Å². The standard InChI is InChI=1S/C19H21FN2O/c1-14-11-16(19(23)22-9-2-3-10-22)7-8-18(14)21-13-15-5-4-6-17(20)12-15/h4-8,11-12,21H,2-3,9-10,13H2,1H3. The van der Waals surface area contributed by atoms with Crippen LogP contribution in [0.15, 0.2) is 42.5 Å². The van der Waals surface area contributed by atoms with E-state index in [1.807, 2.05) is 36.1 Å². The van der Waals surface area contributed by atoms with E-state index in [-0.39, 0.29) is 11.7 Å². The van der Waals surface area contributed by atoms with Crippen LogP contribution in [0.4, 0.5) is 10.1 Å². The van der Waals surface area contributed by atoms with Gasteiger partial charge >= 0.3 is 0 Å². The molecular weight excluding hydrogens is 291 g/mol. The maximum atomic E-state index is 13.2. The molecule has 23 heavy (non-hydrogen) atoms. The van der Waals surface area contributed by atoms with Gasteiger partial charge < -0.3 is 10.2 Å². The molecule has 2 aromatic carbocycles. The molecule has 1 heterocycles. The number of nitrogens with one attached hydrogen (secondary N) is 1. The number of carbonyl (C=O) groups excluding carboxylic acids is 1. The summed E-state index contributed by atoms with van der Waals surface area (Å²) in [6.07, 6.45) is 2.19. The highest BCUT2D eigenvalue weighted by molar-refractivity contribution is 5.95. The van der Waals surface area contributed by atoms with Crippen molar-refractivity contribution in [3.63, 3.8) is 0 Å². The first-order chi connectivity index (χ1) is 11.1. The number of hydrogen-bond acceptors (Lipinski definition) is 2. The molecule has 2 aromatic rings. The van der Waals surface area contributed by atoms with Crippen molar-refractivity contribution in [2.45, 2.75) is 26.3 Å². The number of likely N-dealkylation sites (tertiary alicyclic amines) is 1. The van der Waals surface area contributed by atoms with Gasteiger partial charge in [-0.1, -0.05) is 12.1 Å². The van der Waals surface area contributed by atoms with Crippen molar-refractivity contribution in [2.75, 3.05) is 18.4 Å². The normalized spacial score (nSPS) is 14.1.